The lowest BCUT2D eigenvalue weighted by atomic mass is 10.3. The number of ether oxygens (including phenoxy) is 1. The van der Waals surface area contributed by atoms with Crippen molar-refractivity contribution >= 4 is 33.3 Å². The van der Waals surface area contributed by atoms with E-state index in [4.69, 9.17) is 4.74 Å². The summed E-state index contributed by atoms with van der Waals surface area (Å²) in [4.78, 5) is 16.3. The lowest BCUT2D eigenvalue weighted by Gasteiger charge is -2.35. The van der Waals surface area contributed by atoms with Crippen LogP contribution in [-0.2, 0) is 4.79 Å². The molecule has 3 aromatic rings. The van der Waals surface area contributed by atoms with Crippen LogP contribution in [0.25, 0.3) is 5.65 Å². The lowest BCUT2D eigenvalue weighted by molar-refractivity contribution is -0.133. The van der Waals surface area contributed by atoms with E-state index < -0.39 is 0 Å². The number of carbonyl (C=O) groups is 1. The highest BCUT2D eigenvalue weighted by Crippen LogP contribution is 2.17. The summed E-state index contributed by atoms with van der Waals surface area (Å²) in [7, 11) is 0. The maximum absolute atomic E-state index is 12.3. The Labute approximate surface area is 157 Å². The Kier molecular flexibility index (Phi) is 4.65. The van der Waals surface area contributed by atoms with E-state index in [0.717, 1.165) is 10.3 Å². The molecule has 0 spiro atoms. The van der Waals surface area contributed by atoms with Crippen molar-refractivity contribution in [3.8, 4) is 5.75 Å². The molecule has 134 valence electrons. The summed E-state index contributed by atoms with van der Waals surface area (Å²) in [5.74, 6) is 1.46. The molecule has 9 nitrogen and oxygen atoms in total. The molecule has 3 heterocycles. The molecule has 1 saturated heterocycles. The second-order valence-corrected chi connectivity index (χ2v) is 6.74. The van der Waals surface area contributed by atoms with Gasteiger partial charge >= 0.3 is 0 Å². The van der Waals surface area contributed by atoms with E-state index in [1.54, 1.807) is 0 Å². The number of hydrogen-bond donors (Lipinski definition) is 0. The van der Waals surface area contributed by atoms with Crippen LogP contribution in [0.5, 0.6) is 5.75 Å². The molecule has 1 amide bonds. The number of halogens is 1. The van der Waals surface area contributed by atoms with Crippen molar-refractivity contribution in [3.05, 3.63) is 40.9 Å². The van der Waals surface area contributed by atoms with Crippen molar-refractivity contribution in [3.63, 3.8) is 0 Å². The number of rotatable bonds is 4. The SMILES string of the molecule is O=C(COc1ccc(Br)cc1)N1CCN(c2ccc3nnnn3n2)CC1. The van der Waals surface area contributed by atoms with Crippen LogP contribution in [0.3, 0.4) is 0 Å². The van der Waals surface area contributed by atoms with E-state index in [2.05, 4.69) is 41.5 Å². The average Bonchev–Trinajstić information content (AvgIpc) is 3.15. The normalized spacial score (nSPS) is 14.7. The van der Waals surface area contributed by atoms with E-state index in [0.29, 0.717) is 37.6 Å². The average molecular weight is 418 g/mol. The monoisotopic (exact) mass is 417 g/mol. The number of carbonyl (C=O) groups excluding carboxylic acids is 1. The summed E-state index contributed by atoms with van der Waals surface area (Å²) < 4.78 is 7.94. The van der Waals surface area contributed by atoms with Crippen LogP contribution in [0.4, 0.5) is 5.82 Å². The molecular formula is C16H16BrN7O2. The molecule has 0 atom stereocenters. The number of amides is 1. The highest BCUT2D eigenvalue weighted by Gasteiger charge is 2.22. The zero-order valence-corrected chi connectivity index (χ0v) is 15.4. The zero-order chi connectivity index (χ0) is 17.9. The summed E-state index contributed by atoms with van der Waals surface area (Å²) in [5, 5.41) is 15.6. The van der Waals surface area contributed by atoms with Crippen molar-refractivity contribution in [1.82, 2.24) is 30.2 Å². The maximum atomic E-state index is 12.3. The van der Waals surface area contributed by atoms with Crippen LogP contribution in [0.15, 0.2) is 40.9 Å². The van der Waals surface area contributed by atoms with Gasteiger partial charge in [0, 0.05) is 30.7 Å². The molecule has 10 heteroatoms. The number of aromatic nitrogens is 5. The molecule has 1 aliphatic heterocycles. The molecule has 26 heavy (non-hydrogen) atoms. The van der Waals surface area contributed by atoms with Crippen LogP contribution < -0.4 is 9.64 Å². The van der Waals surface area contributed by atoms with Gasteiger partial charge in [-0.2, -0.15) is 0 Å². The number of anilines is 1. The summed E-state index contributed by atoms with van der Waals surface area (Å²) in [6, 6.07) is 11.1. The van der Waals surface area contributed by atoms with Crippen molar-refractivity contribution in [2.45, 2.75) is 0 Å². The maximum Gasteiger partial charge on any atom is 0.260 e. The molecule has 0 N–H and O–H groups in total. The van der Waals surface area contributed by atoms with Crippen LogP contribution in [-0.4, -0.2) is 68.8 Å². The highest BCUT2D eigenvalue weighted by molar-refractivity contribution is 9.10. The van der Waals surface area contributed by atoms with Gasteiger partial charge < -0.3 is 14.5 Å². The van der Waals surface area contributed by atoms with Gasteiger partial charge in [0.15, 0.2) is 18.1 Å². The Balaban J connectivity index is 1.31. The molecule has 1 aliphatic rings. The third-order valence-corrected chi connectivity index (χ3v) is 4.72. The number of fused-ring (bicyclic) bond motifs is 1. The summed E-state index contributed by atoms with van der Waals surface area (Å²) in [5.41, 5.74) is 0.604. The van der Waals surface area contributed by atoms with Crippen LogP contribution >= 0.6 is 15.9 Å². The first-order chi connectivity index (χ1) is 12.7. The van der Waals surface area contributed by atoms with Crippen molar-refractivity contribution in [2.24, 2.45) is 0 Å². The summed E-state index contributed by atoms with van der Waals surface area (Å²) in [6.07, 6.45) is 0. The molecule has 4 rings (SSSR count). The minimum Gasteiger partial charge on any atom is -0.484 e. The topological polar surface area (TPSA) is 88.8 Å². The van der Waals surface area contributed by atoms with Crippen molar-refractivity contribution in [2.75, 3.05) is 37.7 Å². The number of nitrogens with zero attached hydrogens (tertiary/aromatic N) is 7. The zero-order valence-electron chi connectivity index (χ0n) is 13.8. The Morgan fingerprint density at radius 2 is 1.85 bits per heavy atom. The largest absolute Gasteiger partial charge is 0.484 e. The van der Waals surface area contributed by atoms with Gasteiger partial charge in [-0.05, 0) is 46.8 Å². The second-order valence-electron chi connectivity index (χ2n) is 5.83. The Morgan fingerprint density at radius 3 is 2.62 bits per heavy atom. The third kappa shape index (κ3) is 3.59. The van der Waals surface area contributed by atoms with E-state index in [9.17, 15) is 4.79 Å². The fourth-order valence-corrected chi connectivity index (χ4v) is 3.03. The Morgan fingerprint density at radius 1 is 1.08 bits per heavy atom. The first kappa shape index (κ1) is 16.7. The Bertz CT molecular complexity index is 906. The van der Waals surface area contributed by atoms with Gasteiger partial charge in [-0.3, -0.25) is 4.79 Å². The minimum absolute atomic E-state index is 0.0172. The van der Waals surface area contributed by atoms with E-state index in [1.807, 2.05) is 41.3 Å². The van der Waals surface area contributed by atoms with Crippen LogP contribution in [0, 0.1) is 0 Å². The smallest absolute Gasteiger partial charge is 0.260 e. The molecular weight excluding hydrogens is 402 g/mol. The predicted octanol–water partition coefficient (Wildman–Crippen LogP) is 1.01. The van der Waals surface area contributed by atoms with E-state index in [-0.39, 0.29) is 12.5 Å². The predicted molar refractivity (Wildman–Crippen MR) is 97.0 cm³/mol. The second kappa shape index (κ2) is 7.24. The molecule has 0 unspecified atom stereocenters. The molecule has 2 aromatic heterocycles. The number of piperazine rings is 1. The molecule has 1 aromatic carbocycles. The van der Waals surface area contributed by atoms with Crippen molar-refractivity contribution in [1.29, 1.82) is 0 Å². The summed E-state index contributed by atoms with van der Waals surface area (Å²) in [6.45, 7) is 2.68. The van der Waals surface area contributed by atoms with Gasteiger partial charge in [-0.15, -0.1) is 14.8 Å². The molecule has 0 saturated carbocycles. The fraction of sp³-hybridized carbons (Fsp3) is 0.312. The third-order valence-electron chi connectivity index (χ3n) is 4.19. The van der Waals surface area contributed by atoms with Crippen LogP contribution in [0.1, 0.15) is 0 Å². The first-order valence-corrected chi connectivity index (χ1v) is 8.95. The lowest BCUT2D eigenvalue weighted by Crippen LogP contribution is -2.50. The van der Waals surface area contributed by atoms with Gasteiger partial charge in [-0.1, -0.05) is 15.9 Å². The van der Waals surface area contributed by atoms with Gasteiger partial charge in [-0.25, -0.2) is 0 Å². The van der Waals surface area contributed by atoms with Gasteiger partial charge in [0.05, 0.1) is 0 Å². The number of benzene rings is 1. The van der Waals surface area contributed by atoms with Gasteiger partial charge in [0.2, 0.25) is 0 Å². The molecule has 1 fully saturated rings. The van der Waals surface area contributed by atoms with E-state index in [1.165, 1.54) is 4.63 Å². The number of tetrazole rings is 1. The van der Waals surface area contributed by atoms with Crippen LogP contribution in [0.2, 0.25) is 0 Å². The first-order valence-electron chi connectivity index (χ1n) is 8.15. The highest BCUT2D eigenvalue weighted by atomic mass is 79.9. The van der Waals surface area contributed by atoms with Gasteiger partial charge in [0.25, 0.3) is 5.91 Å². The minimum atomic E-state index is -0.0172. The number of hydrogen-bond acceptors (Lipinski definition) is 7. The quantitative estimate of drug-likeness (QED) is 0.625. The molecule has 0 bridgehead atoms. The Hall–Kier alpha value is -2.75. The summed E-state index contributed by atoms with van der Waals surface area (Å²) >= 11 is 3.37. The van der Waals surface area contributed by atoms with Crippen molar-refractivity contribution < 1.29 is 9.53 Å². The van der Waals surface area contributed by atoms with Gasteiger partial charge in [0.1, 0.15) is 5.75 Å². The molecule has 0 aliphatic carbocycles. The standard InChI is InChI=1S/C16H16BrN7O2/c17-12-1-3-13(4-2-12)26-11-16(25)23-9-7-22(8-10-23)15-6-5-14-18-20-21-24(14)19-15/h1-6H,7-11H2. The van der Waals surface area contributed by atoms with E-state index >= 15 is 0 Å². The molecule has 0 radical (unpaired) electrons. The fourth-order valence-electron chi connectivity index (χ4n) is 2.76.